The zero-order valence-electron chi connectivity index (χ0n) is 6.08. The van der Waals surface area contributed by atoms with Gasteiger partial charge in [-0.25, -0.2) is 4.79 Å². The van der Waals surface area contributed by atoms with Gasteiger partial charge in [-0.3, -0.25) is 0 Å². The summed E-state index contributed by atoms with van der Waals surface area (Å²) in [5, 5.41) is 15.7. The number of aliphatic carboxylic acids is 1. The third-order valence-electron chi connectivity index (χ3n) is 1.17. The van der Waals surface area contributed by atoms with Gasteiger partial charge in [0.15, 0.2) is 0 Å². The molecule has 1 rings (SSSR count). The fourth-order valence-electron chi connectivity index (χ4n) is 0.483. The summed E-state index contributed by atoms with van der Waals surface area (Å²) in [6.45, 7) is 3.12. The fourth-order valence-corrected chi connectivity index (χ4v) is 0.483. The number of carboxylic acids is 1. The molecule has 0 saturated carbocycles. The van der Waals surface area contributed by atoms with E-state index < -0.39 is 5.97 Å². The summed E-state index contributed by atoms with van der Waals surface area (Å²) in [5.74, 6) is -0.758. The van der Waals surface area contributed by atoms with E-state index in [-0.39, 0.29) is 0 Å². The number of nitriles is 1. The summed E-state index contributed by atoms with van der Waals surface area (Å²) < 4.78 is 0. The minimum Gasteiger partial charge on any atom is -0.478 e. The monoisotopic (exact) mass is 151 g/mol. The van der Waals surface area contributed by atoms with Crippen LogP contribution in [0.3, 0.4) is 0 Å². The predicted octanol–water partition coefficient (Wildman–Crippen LogP) is 1.49. The van der Waals surface area contributed by atoms with Gasteiger partial charge in [0.2, 0.25) is 0 Å². The minimum atomic E-state index is -0.758. The Hall–Kier alpha value is -1.56. The first-order valence-electron chi connectivity index (χ1n) is 3.15. The summed E-state index contributed by atoms with van der Waals surface area (Å²) in [5.41, 5.74) is 0.569. The Labute approximate surface area is 65.3 Å². The Kier molecular flexibility index (Phi) is 4.50. The van der Waals surface area contributed by atoms with Crippen molar-refractivity contribution in [3.8, 4) is 6.07 Å². The fraction of sp³-hybridized carbons (Fsp3) is 0.250. The smallest absolute Gasteiger partial charge is 0.331 e. The number of rotatable bonds is 1. The summed E-state index contributed by atoms with van der Waals surface area (Å²) in [6, 6.07) is 1.69. The first kappa shape index (κ1) is 9.44. The number of carboxylic acid groups (broad SMARTS) is 1. The number of nitrogens with zero attached hydrogens (tertiary/aromatic N) is 1. The molecule has 0 atom stereocenters. The highest BCUT2D eigenvalue weighted by molar-refractivity contribution is 5.87. The van der Waals surface area contributed by atoms with Crippen LogP contribution in [0.4, 0.5) is 0 Å². The normalized spacial score (nSPS) is 12.5. The first-order valence-corrected chi connectivity index (χ1v) is 3.15. The van der Waals surface area contributed by atoms with Gasteiger partial charge in [0, 0.05) is 11.6 Å². The van der Waals surface area contributed by atoms with Crippen LogP contribution in [0.15, 0.2) is 24.3 Å². The number of carbonyl (C=O) groups is 1. The van der Waals surface area contributed by atoms with Crippen LogP contribution in [0.25, 0.3) is 0 Å². The van der Waals surface area contributed by atoms with E-state index >= 15 is 0 Å². The molecule has 1 aliphatic carbocycles. The summed E-state index contributed by atoms with van der Waals surface area (Å²) >= 11 is 0. The van der Waals surface area contributed by atoms with Crippen LogP contribution in [-0.4, -0.2) is 11.1 Å². The van der Waals surface area contributed by atoms with E-state index in [2.05, 4.69) is 6.58 Å². The van der Waals surface area contributed by atoms with E-state index in [0.717, 1.165) is 12.8 Å². The minimum absolute atomic E-state index is 0.569. The lowest BCUT2D eigenvalue weighted by Gasteiger charge is -2.06. The van der Waals surface area contributed by atoms with Gasteiger partial charge in [-0.15, -0.1) is 0 Å². The third-order valence-corrected chi connectivity index (χ3v) is 1.17. The number of allylic oxidation sites excluding steroid dienone is 2. The standard InChI is InChI=1S/C5H6O2.C3H3N/c6-5(7)4-2-1-3-4;1-2-3-4/h2H,1,3H2,(H,6,7);2H,1H2. The molecule has 58 valence electrons. The van der Waals surface area contributed by atoms with Gasteiger partial charge in [0.05, 0.1) is 6.07 Å². The molecule has 0 saturated heterocycles. The Balaban J connectivity index is 0.000000218. The molecule has 0 aromatic rings. The lowest BCUT2D eigenvalue weighted by molar-refractivity contribution is -0.133. The van der Waals surface area contributed by atoms with Gasteiger partial charge in [-0.1, -0.05) is 12.7 Å². The Morgan fingerprint density at radius 3 is 2.36 bits per heavy atom. The van der Waals surface area contributed by atoms with Crippen LogP contribution in [-0.2, 0) is 4.79 Å². The molecule has 0 aliphatic heterocycles. The molecular weight excluding hydrogens is 142 g/mol. The molecule has 0 fully saturated rings. The van der Waals surface area contributed by atoms with E-state index in [1.54, 1.807) is 12.1 Å². The lowest BCUT2D eigenvalue weighted by Crippen LogP contribution is -2.05. The van der Waals surface area contributed by atoms with Gasteiger partial charge >= 0.3 is 5.97 Å². The maximum absolute atomic E-state index is 9.91. The molecule has 0 heterocycles. The third kappa shape index (κ3) is 3.93. The molecule has 3 heteroatoms. The largest absolute Gasteiger partial charge is 0.478 e. The van der Waals surface area contributed by atoms with Crippen LogP contribution in [0.2, 0.25) is 0 Å². The summed E-state index contributed by atoms with van der Waals surface area (Å²) in [4.78, 5) is 9.91. The number of hydrogen-bond donors (Lipinski definition) is 1. The van der Waals surface area contributed by atoms with Crippen molar-refractivity contribution in [3.63, 3.8) is 0 Å². The highest BCUT2D eigenvalue weighted by Crippen LogP contribution is 2.16. The quantitative estimate of drug-likeness (QED) is 0.577. The van der Waals surface area contributed by atoms with E-state index in [4.69, 9.17) is 10.4 Å². The second-order valence-electron chi connectivity index (χ2n) is 1.91. The first-order chi connectivity index (χ1) is 5.22. The Morgan fingerprint density at radius 2 is 2.36 bits per heavy atom. The Morgan fingerprint density at radius 1 is 1.91 bits per heavy atom. The van der Waals surface area contributed by atoms with Crippen molar-refractivity contribution < 1.29 is 9.90 Å². The van der Waals surface area contributed by atoms with Crippen molar-refractivity contribution in [2.24, 2.45) is 0 Å². The molecule has 0 radical (unpaired) electrons. The van der Waals surface area contributed by atoms with Crippen LogP contribution in [0, 0.1) is 11.3 Å². The molecule has 0 unspecified atom stereocenters. The zero-order chi connectivity index (χ0) is 8.69. The van der Waals surface area contributed by atoms with E-state index in [1.165, 1.54) is 6.08 Å². The summed E-state index contributed by atoms with van der Waals surface area (Å²) in [6.07, 6.45) is 4.62. The molecule has 11 heavy (non-hydrogen) atoms. The van der Waals surface area contributed by atoms with E-state index in [1.807, 2.05) is 0 Å². The van der Waals surface area contributed by atoms with Gasteiger partial charge in [0.1, 0.15) is 0 Å². The Bertz CT molecular complexity index is 223. The molecule has 3 nitrogen and oxygen atoms in total. The maximum atomic E-state index is 9.91. The molecule has 0 aromatic heterocycles. The maximum Gasteiger partial charge on any atom is 0.331 e. The van der Waals surface area contributed by atoms with Gasteiger partial charge in [0.25, 0.3) is 0 Å². The molecule has 1 N–H and O–H groups in total. The van der Waals surface area contributed by atoms with E-state index in [0.29, 0.717) is 5.57 Å². The predicted molar refractivity (Wildman–Crippen MR) is 40.8 cm³/mol. The molecular formula is C8H9NO2. The van der Waals surface area contributed by atoms with Crippen molar-refractivity contribution in [2.75, 3.05) is 0 Å². The van der Waals surface area contributed by atoms with Crippen LogP contribution >= 0.6 is 0 Å². The van der Waals surface area contributed by atoms with Crippen LogP contribution < -0.4 is 0 Å². The van der Waals surface area contributed by atoms with Gasteiger partial charge in [-0.2, -0.15) is 5.26 Å². The zero-order valence-corrected chi connectivity index (χ0v) is 6.08. The van der Waals surface area contributed by atoms with E-state index in [9.17, 15) is 4.79 Å². The molecule has 0 bridgehead atoms. The SMILES string of the molecule is C=CC#N.O=C(O)C1=CCC1. The highest BCUT2D eigenvalue weighted by atomic mass is 16.4. The van der Waals surface area contributed by atoms with Gasteiger partial charge < -0.3 is 5.11 Å². The summed E-state index contributed by atoms with van der Waals surface area (Å²) in [7, 11) is 0. The van der Waals surface area contributed by atoms with Crippen LogP contribution in [0.5, 0.6) is 0 Å². The molecule has 0 aromatic carbocycles. The second kappa shape index (κ2) is 5.24. The van der Waals surface area contributed by atoms with Crippen molar-refractivity contribution >= 4 is 5.97 Å². The number of hydrogen-bond acceptors (Lipinski definition) is 2. The second-order valence-corrected chi connectivity index (χ2v) is 1.91. The highest BCUT2D eigenvalue weighted by Gasteiger charge is 2.11. The molecule has 1 aliphatic rings. The van der Waals surface area contributed by atoms with Crippen molar-refractivity contribution in [1.82, 2.24) is 0 Å². The van der Waals surface area contributed by atoms with Crippen molar-refractivity contribution in [3.05, 3.63) is 24.3 Å². The lowest BCUT2D eigenvalue weighted by atomic mass is 10.00. The molecule has 0 amide bonds. The average Bonchev–Trinajstić information content (AvgIpc) is 1.83. The molecule has 0 spiro atoms. The van der Waals surface area contributed by atoms with Gasteiger partial charge in [-0.05, 0) is 12.8 Å². The average molecular weight is 151 g/mol. The van der Waals surface area contributed by atoms with Crippen molar-refractivity contribution in [1.29, 1.82) is 5.26 Å². The topological polar surface area (TPSA) is 61.1 Å². The van der Waals surface area contributed by atoms with Crippen LogP contribution in [0.1, 0.15) is 12.8 Å². The van der Waals surface area contributed by atoms with Crippen molar-refractivity contribution in [2.45, 2.75) is 12.8 Å².